The molecule has 5 heteroatoms. The summed E-state index contributed by atoms with van der Waals surface area (Å²) in [5.74, 6) is 0.264. The van der Waals surface area contributed by atoms with E-state index in [2.05, 4.69) is 26.4 Å². The van der Waals surface area contributed by atoms with E-state index in [1.807, 2.05) is 42.5 Å². The number of hydrogen-bond donors (Lipinski definition) is 1. The molecule has 0 aliphatic heterocycles. The Labute approximate surface area is 129 Å². The third-order valence-corrected chi connectivity index (χ3v) is 3.43. The molecule has 1 heterocycles. The molecule has 1 N–H and O–H groups in total. The van der Waals surface area contributed by atoms with Gasteiger partial charge in [-0.15, -0.1) is 0 Å². The zero-order valence-electron chi connectivity index (χ0n) is 10.9. The minimum absolute atomic E-state index is 0.247. The Kier molecular flexibility index (Phi) is 3.83. The molecule has 0 saturated carbocycles. The molecule has 0 aliphatic carbocycles. The molecule has 0 saturated heterocycles. The number of rotatable bonds is 3. The van der Waals surface area contributed by atoms with Crippen LogP contribution in [0.1, 0.15) is 10.5 Å². The normalized spacial score (nSPS) is 10.3. The third-order valence-electron chi connectivity index (χ3n) is 2.90. The first-order chi connectivity index (χ1) is 10.2. The lowest BCUT2D eigenvalue weighted by atomic mass is 10.1. The van der Waals surface area contributed by atoms with Crippen LogP contribution >= 0.6 is 15.9 Å². The van der Waals surface area contributed by atoms with E-state index >= 15 is 0 Å². The maximum atomic E-state index is 12.1. The van der Waals surface area contributed by atoms with Gasteiger partial charge in [0.2, 0.25) is 0 Å². The maximum absolute atomic E-state index is 12.1. The van der Waals surface area contributed by atoms with Gasteiger partial charge >= 0.3 is 0 Å². The van der Waals surface area contributed by atoms with Crippen LogP contribution in [0.4, 0.5) is 5.69 Å². The van der Waals surface area contributed by atoms with Gasteiger partial charge < -0.3 is 9.84 Å². The number of carbonyl (C=O) groups is 1. The summed E-state index contributed by atoms with van der Waals surface area (Å²) in [5.41, 5.74) is 1.83. The second-order valence-corrected chi connectivity index (χ2v) is 5.32. The summed E-state index contributed by atoms with van der Waals surface area (Å²) in [5, 5.41) is 6.58. The van der Waals surface area contributed by atoms with Gasteiger partial charge in [-0.3, -0.25) is 4.79 Å². The lowest BCUT2D eigenvalue weighted by Gasteiger charge is -2.01. The molecular weight excluding hydrogens is 332 g/mol. The van der Waals surface area contributed by atoms with Gasteiger partial charge in [0.15, 0.2) is 11.5 Å². The monoisotopic (exact) mass is 342 g/mol. The largest absolute Gasteiger partial charge is 0.355 e. The summed E-state index contributed by atoms with van der Waals surface area (Å²) in [6, 6.07) is 18.5. The van der Waals surface area contributed by atoms with Crippen LogP contribution in [-0.4, -0.2) is 11.1 Å². The number of hydrogen-bond acceptors (Lipinski definition) is 3. The highest BCUT2D eigenvalue weighted by molar-refractivity contribution is 9.10. The van der Waals surface area contributed by atoms with Gasteiger partial charge in [-0.1, -0.05) is 51.4 Å². The van der Waals surface area contributed by atoms with Gasteiger partial charge in [-0.2, -0.15) is 0 Å². The lowest BCUT2D eigenvalue weighted by Crippen LogP contribution is -2.11. The highest BCUT2D eigenvalue weighted by atomic mass is 79.9. The average Bonchev–Trinajstić information content (AvgIpc) is 3.00. The van der Waals surface area contributed by atoms with E-state index in [0.29, 0.717) is 11.4 Å². The second-order valence-electron chi connectivity index (χ2n) is 4.40. The molecule has 1 aromatic heterocycles. The maximum Gasteiger partial charge on any atom is 0.277 e. The number of benzene rings is 2. The molecule has 3 rings (SSSR count). The molecule has 4 nitrogen and oxygen atoms in total. The summed E-state index contributed by atoms with van der Waals surface area (Å²) < 4.78 is 6.16. The first-order valence-corrected chi connectivity index (χ1v) is 7.11. The Morgan fingerprint density at radius 1 is 1.05 bits per heavy atom. The Balaban J connectivity index is 1.77. The van der Waals surface area contributed by atoms with E-state index in [4.69, 9.17) is 4.52 Å². The molecule has 0 radical (unpaired) electrons. The summed E-state index contributed by atoms with van der Waals surface area (Å²) in [7, 11) is 0. The van der Waals surface area contributed by atoms with Gasteiger partial charge in [0.1, 0.15) is 0 Å². The van der Waals surface area contributed by atoms with Crippen molar-refractivity contribution in [2.75, 3.05) is 5.32 Å². The fraction of sp³-hybridized carbons (Fsp3) is 0. The molecule has 1 amide bonds. The van der Waals surface area contributed by atoms with Gasteiger partial charge in [0.25, 0.3) is 5.91 Å². The van der Waals surface area contributed by atoms with Gasteiger partial charge in [-0.05, 0) is 24.3 Å². The molecule has 2 aromatic carbocycles. The predicted octanol–water partition coefficient (Wildman–Crippen LogP) is 4.36. The molecular formula is C16H11BrN2O2. The van der Waals surface area contributed by atoms with E-state index in [-0.39, 0.29) is 11.6 Å². The topological polar surface area (TPSA) is 55.1 Å². The van der Waals surface area contributed by atoms with E-state index in [9.17, 15) is 4.79 Å². The molecule has 3 aromatic rings. The van der Waals surface area contributed by atoms with Crippen molar-refractivity contribution in [3.05, 3.63) is 70.8 Å². The predicted molar refractivity (Wildman–Crippen MR) is 84.0 cm³/mol. The second kappa shape index (κ2) is 5.93. The van der Waals surface area contributed by atoms with E-state index in [1.165, 1.54) is 0 Å². The molecule has 0 unspecified atom stereocenters. The molecule has 0 atom stereocenters. The number of aromatic nitrogens is 1. The minimum Gasteiger partial charge on any atom is -0.355 e. The van der Waals surface area contributed by atoms with E-state index in [0.717, 1.165) is 10.0 Å². The Morgan fingerprint density at radius 3 is 2.48 bits per heavy atom. The average molecular weight is 343 g/mol. The van der Waals surface area contributed by atoms with E-state index in [1.54, 1.807) is 18.2 Å². The minimum atomic E-state index is -0.303. The molecule has 0 bridgehead atoms. The summed E-state index contributed by atoms with van der Waals surface area (Å²) in [6.07, 6.45) is 0. The molecule has 21 heavy (non-hydrogen) atoms. The first-order valence-electron chi connectivity index (χ1n) is 6.31. The van der Waals surface area contributed by atoms with Crippen LogP contribution in [0.2, 0.25) is 0 Å². The van der Waals surface area contributed by atoms with Crippen molar-refractivity contribution in [3.63, 3.8) is 0 Å². The smallest absolute Gasteiger partial charge is 0.277 e. The molecule has 104 valence electrons. The van der Waals surface area contributed by atoms with Crippen LogP contribution in [0.25, 0.3) is 11.3 Å². The van der Waals surface area contributed by atoms with Crippen LogP contribution in [0.15, 0.2) is 69.7 Å². The van der Waals surface area contributed by atoms with Crippen molar-refractivity contribution in [1.82, 2.24) is 5.16 Å². The van der Waals surface area contributed by atoms with Crippen LogP contribution in [-0.2, 0) is 0 Å². The fourth-order valence-corrected chi connectivity index (χ4v) is 2.11. The summed E-state index contributed by atoms with van der Waals surface area (Å²) in [6.45, 7) is 0. The van der Waals surface area contributed by atoms with Crippen molar-refractivity contribution in [2.24, 2.45) is 0 Å². The Hall–Kier alpha value is -2.40. The van der Waals surface area contributed by atoms with Crippen LogP contribution in [0.5, 0.6) is 0 Å². The van der Waals surface area contributed by atoms with Crippen LogP contribution < -0.4 is 5.32 Å². The number of anilines is 1. The molecule has 0 fully saturated rings. The summed E-state index contributed by atoms with van der Waals surface area (Å²) in [4.78, 5) is 12.1. The van der Waals surface area contributed by atoms with Gasteiger partial charge in [0.05, 0.1) is 0 Å². The van der Waals surface area contributed by atoms with Crippen LogP contribution in [0, 0.1) is 0 Å². The van der Waals surface area contributed by atoms with E-state index < -0.39 is 0 Å². The van der Waals surface area contributed by atoms with Crippen molar-refractivity contribution < 1.29 is 9.32 Å². The lowest BCUT2D eigenvalue weighted by molar-refractivity contribution is 0.101. The molecule has 0 aliphatic rings. The summed E-state index contributed by atoms with van der Waals surface area (Å²) >= 11 is 3.35. The highest BCUT2D eigenvalue weighted by Crippen LogP contribution is 2.20. The van der Waals surface area contributed by atoms with Gasteiger partial charge in [-0.25, -0.2) is 0 Å². The zero-order valence-corrected chi connectivity index (χ0v) is 12.5. The highest BCUT2D eigenvalue weighted by Gasteiger charge is 2.13. The third kappa shape index (κ3) is 3.20. The first kappa shape index (κ1) is 13.6. The Morgan fingerprint density at radius 2 is 1.76 bits per heavy atom. The fourth-order valence-electron chi connectivity index (χ4n) is 1.85. The quantitative estimate of drug-likeness (QED) is 0.769. The SMILES string of the molecule is O=C(Nc1ccc(Br)cc1)c1cc(-c2ccccc2)on1. The number of nitrogens with one attached hydrogen (secondary N) is 1. The van der Waals surface area contributed by atoms with Crippen molar-refractivity contribution in [2.45, 2.75) is 0 Å². The number of carbonyl (C=O) groups excluding carboxylic acids is 1. The van der Waals surface area contributed by atoms with Gasteiger partial charge in [0, 0.05) is 21.8 Å². The zero-order chi connectivity index (χ0) is 14.7. The number of amides is 1. The standard InChI is InChI=1S/C16H11BrN2O2/c17-12-6-8-13(9-7-12)18-16(20)14-10-15(21-19-14)11-4-2-1-3-5-11/h1-10H,(H,18,20). The van der Waals surface area contributed by atoms with Crippen molar-refractivity contribution in [3.8, 4) is 11.3 Å². The van der Waals surface area contributed by atoms with Crippen molar-refractivity contribution >= 4 is 27.5 Å². The molecule has 0 spiro atoms. The number of halogens is 1. The number of nitrogens with zero attached hydrogens (tertiary/aromatic N) is 1. The van der Waals surface area contributed by atoms with Crippen molar-refractivity contribution in [1.29, 1.82) is 0 Å². The van der Waals surface area contributed by atoms with Crippen LogP contribution in [0.3, 0.4) is 0 Å². The Bertz CT molecular complexity index is 751.